The number of ether oxygens (including phenoxy) is 4. The van der Waals surface area contributed by atoms with E-state index in [1.54, 1.807) is 18.2 Å². The molecule has 2 rings (SSSR count). The number of carbonyl (C=O) groups is 3. The molecule has 0 saturated heterocycles. The molecule has 2 aromatic rings. The maximum absolute atomic E-state index is 12.8. The topological polar surface area (TPSA) is 88.1 Å². The average molecular weight is 438 g/mol. The number of esters is 3. The van der Waals surface area contributed by atoms with Gasteiger partial charge in [-0.05, 0) is 37.0 Å². The molecule has 0 N–H and O–H groups in total. The maximum atomic E-state index is 12.8. The molecule has 0 bridgehead atoms. The SMILES string of the molecule is C=C(C)CCc1c(OC)cc(/C=C/c2ccccc2)c(C(=O)OC)c1OC(=O)C(=O)OC. The van der Waals surface area contributed by atoms with Gasteiger partial charge in [0.05, 0.1) is 21.3 Å². The van der Waals surface area contributed by atoms with Crippen molar-refractivity contribution in [1.82, 2.24) is 0 Å². The number of carbonyl (C=O) groups excluding carboxylic acids is 3. The highest BCUT2D eigenvalue weighted by atomic mass is 16.6. The fraction of sp³-hybridized carbons (Fsp3) is 0.240. The molecular weight excluding hydrogens is 412 g/mol. The predicted molar refractivity (Wildman–Crippen MR) is 120 cm³/mol. The Morgan fingerprint density at radius 2 is 1.66 bits per heavy atom. The first-order valence-electron chi connectivity index (χ1n) is 9.82. The van der Waals surface area contributed by atoms with E-state index in [0.717, 1.165) is 18.2 Å². The van der Waals surface area contributed by atoms with E-state index in [0.29, 0.717) is 29.7 Å². The number of hydrogen-bond donors (Lipinski definition) is 0. The van der Waals surface area contributed by atoms with Gasteiger partial charge in [0.1, 0.15) is 11.3 Å². The molecule has 0 fully saturated rings. The van der Waals surface area contributed by atoms with Crippen molar-refractivity contribution in [3.63, 3.8) is 0 Å². The molecule has 0 amide bonds. The Morgan fingerprint density at radius 1 is 0.969 bits per heavy atom. The van der Waals surface area contributed by atoms with Crippen molar-refractivity contribution in [2.45, 2.75) is 19.8 Å². The Kier molecular flexibility index (Phi) is 8.77. The molecule has 0 aliphatic carbocycles. The van der Waals surface area contributed by atoms with Gasteiger partial charge in [0.15, 0.2) is 5.75 Å². The lowest BCUT2D eigenvalue weighted by atomic mass is 9.96. The summed E-state index contributed by atoms with van der Waals surface area (Å²) >= 11 is 0. The smallest absolute Gasteiger partial charge is 0.422 e. The van der Waals surface area contributed by atoms with Crippen molar-refractivity contribution >= 4 is 30.1 Å². The van der Waals surface area contributed by atoms with Gasteiger partial charge in [0.25, 0.3) is 0 Å². The molecular formula is C25H26O7. The molecule has 0 heterocycles. The molecule has 0 aliphatic rings. The van der Waals surface area contributed by atoms with Crippen LogP contribution < -0.4 is 9.47 Å². The zero-order valence-corrected chi connectivity index (χ0v) is 18.6. The highest BCUT2D eigenvalue weighted by molar-refractivity contribution is 6.30. The van der Waals surface area contributed by atoms with Crippen LogP contribution in [0.25, 0.3) is 12.2 Å². The second-order valence-corrected chi connectivity index (χ2v) is 6.92. The van der Waals surface area contributed by atoms with Crippen LogP contribution in [-0.4, -0.2) is 39.2 Å². The van der Waals surface area contributed by atoms with Gasteiger partial charge in [-0.1, -0.05) is 48.1 Å². The maximum Gasteiger partial charge on any atom is 0.422 e. The number of allylic oxidation sites excluding steroid dienone is 1. The van der Waals surface area contributed by atoms with Gasteiger partial charge in [-0.3, -0.25) is 0 Å². The zero-order chi connectivity index (χ0) is 23.7. The van der Waals surface area contributed by atoms with Crippen molar-refractivity contribution in [1.29, 1.82) is 0 Å². The Bertz CT molecular complexity index is 1040. The largest absolute Gasteiger partial charge is 0.496 e. The lowest BCUT2D eigenvalue weighted by molar-refractivity contribution is -0.160. The number of methoxy groups -OCH3 is 3. The second-order valence-electron chi connectivity index (χ2n) is 6.92. The predicted octanol–water partition coefficient (Wildman–Crippen LogP) is 4.24. The van der Waals surface area contributed by atoms with Gasteiger partial charge in [-0.15, -0.1) is 6.58 Å². The molecule has 0 unspecified atom stereocenters. The molecule has 0 aliphatic heterocycles. The minimum absolute atomic E-state index is 0.00514. The summed E-state index contributed by atoms with van der Waals surface area (Å²) in [4.78, 5) is 36.7. The third kappa shape index (κ3) is 6.07. The van der Waals surface area contributed by atoms with Gasteiger partial charge in [-0.25, -0.2) is 14.4 Å². The molecule has 0 atom stereocenters. The second kappa shape index (κ2) is 11.5. The van der Waals surface area contributed by atoms with Crippen molar-refractivity contribution in [2.75, 3.05) is 21.3 Å². The van der Waals surface area contributed by atoms with E-state index in [-0.39, 0.29) is 11.3 Å². The van der Waals surface area contributed by atoms with Crippen LogP contribution in [0.2, 0.25) is 0 Å². The summed E-state index contributed by atoms with van der Waals surface area (Å²) in [5.41, 5.74) is 2.59. The van der Waals surface area contributed by atoms with Crippen LogP contribution in [0.1, 0.15) is 40.4 Å². The van der Waals surface area contributed by atoms with Crippen LogP contribution in [0, 0.1) is 0 Å². The van der Waals surface area contributed by atoms with Crippen LogP contribution >= 0.6 is 0 Å². The van der Waals surface area contributed by atoms with E-state index in [2.05, 4.69) is 11.3 Å². The minimum atomic E-state index is -1.26. The molecule has 32 heavy (non-hydrogen) atoms. The van der Waals surface area contributed by atoms with E-state index >= 15 is 0 Å². The van der Waals surface area contributed by atoms with E-state index in [1.165, 1.54) is 14.2 Å². The summed E-state index contributed by atoms with van der Waals surface area (Å²) in [5, 5.41) is 0. The first-order chi connectivity index (χ1) is 15.3. The minimum Gasteiger partial charge on any atom is -0.496 e. The first-order valence-corrected chi connectivity index (χ1v) is 9.82. The molecule has 7 heteroatoms. The summed E-state index contributed by atoms with van der Waals surface area (Å²) in [6.45, 7) is 5.74. The lowest BCUT2D eigenvalue weighted by Gasteiger charge is -2.19. The van der Waals surface area contributed by atoms with Crippen LogP contribution in [0.4, 0.5) is 0 Å². The van der Waals surface area contributed by atoms with Crippen molar-refractivity contribution in [3.05, 3.63) is 70.8 Å². The Hall–Kier alpha value is -3.87. The molecule has 0 radical (unpaired) electrons. The van der Waals surface area contributed by atoms with Crippen molar-refractivity contribution in [2.24, 2.45) is 0 Å². The molecule has 0 aromatic heterocycles. The Morgan fingerprint density at radius 3 is 2.22 bits per heavy atom. The molecule has 0 saturated carbocycles. The van der Waals surface area contributed by atoms with Crippen LogP contribution in [-0.2, 0) is 25.5 Å². The summed E-state index contributed by atoms with van der Waals surface area (Å²) in [7, 11) is 3.75. The normalized spacial score (nSPS) is 10.5. The highest BCUT2D eigenvalue weighted by Crippen LogP contribution is 2.38. The van der Waals surface area contributed by atoms with E-state index in [9.17, 15) is 14.4 Å². The molecule has 168 valence electrons. The molecule has 0 spiro atoms. The molecule has 2 aromatic carbocycles. The van der Waals surface area contributed by atoms with Crippen molar-refractivity contribution < 1.29 is 33.3 Å². The fourth-order valence-electron chi connectivity index (χ4n) is 2.98. The lowest BCUT2D eigenvalue weighted by Crippen LogP contribution is -2.24. The summed E-state index contributed by atoms with van der Waals surface area (Å²) < 4.78 is 20.3. The van der Waals surface area contributed by atoms with E-state index in [1.807, 2.05) is 37.3 Å². The number of hydrogen-bond acceptors (Lipinski definition) is 7. The number of rotatable bonds is 8. The standard InChI is InChI=1S/C25H26O7/c1-16(2)11-14-19-20(29-3)15-18(13-12-17-9-7-6-8-10-17)21(23(26)30-4)22(19)32-25(28)24(27)31-5/h6-10,12-13,15H,1,11,14H2,2-5H3/b13-12+. The van der Waals surface area contributed by atoms with E-state index in [4.69, 9.17) is 14.2 Å². The van der Waals surface area contributed by atoms with Gasteiger partial charge in [0.2, 0.25) is 0 Å². The molecule has 7 nitrogen and oxygen atoms in total. The summed E-state index contributed by atoms with van der Waals surface area (Å²) in [6, 6.07) is 11.1. The first kappa shape index (κ1) is 24.4. The Balaban J connectivity index is 2.74. The zero-order valence-electron chi connectivity index (χ0n) is 18.6. The van der Waals surface area contributed by atoms with Crippen molar-refractivity contribution in [3.8, 4) is 11.5 Å². The average Bonchev–Trinajstić information content (AvgIpc) is 2.80. The van der Waals surface area contributed by atoms with Gasteiger partial charge >= 0.3 is 17.9 Å². The van der Waals surface area contributed by atoms with Gasteiger partial charge in [-0.2, -0.15) is 0 Å². The third-order valence-corrected chi connectivity index (χ3v) is 4.59. The highest BCUT2D eigenvalue weighted by Gasteiger charge is 2.28. The fourth-order valence-corrected chi connectivity index (χ4v) is 2.98. The van der Waals surface area contributed by atoms with Gasteiger partial charge < -0.3 is 18.9 Å². The summed E-state index contributed by atoms with van der Waals surface area (Å²) in [6.07, 6.45) is 4.37. The summed E-state index contributed by atoms with van der Waals surface area (Å²) in [5.74, 6) is -2.92. The Labute approximate surface area is 187 Å². The van der Waals surface area contributed by atoms with E-state index < -0.39 is 17.9 Å². The third-order valence-electron chi connectivity index (χ3n) is 4.59. The van der Waals surface area contributed by atoms with Crippen LogP contribution in [0.3, 0.4) is 0 Å². The quantitative estimate of drug-likeness (QED) is 0.200. The number of benzene rings is 2. The van der Waals surface area contributed by atoms with Crippen LogP contribution in [0.5, 0.6) is 11.5 Å². The van der Waals surface area contributed by atoms with Crippen LogP contribution in [0.15, 0.2) is 48.6 Å². The van der Waals surface area contributed by atoms with Gasteiger partial charge in [0, 0.05) is 5.56 Å². The monoisotopic (exact) mass is 438 g/mol.